The summed E-state index contributed by atoms with van der Waals surface area (Å²) in [6.07, 6.45) is 1.63. The van der Waals surface area contributed by atoms with E-state index in [1.54, 1.807) is 30.5 Å². The third kappa shape index (κ3) is 4.88. The molecule has 5 heteroatoms. The average molecular weight is 263 g/mol. The molecule has 0 saturated carbocycles. The Kier molecular flexibility index (Phi) is 7.78. The predicted molar refractivity (Wildman–Crippen MR) is 77.4 cm³/mol. The van der Waals surface area contributed by atoms with Crippen molar-refractivity contribution in [3.8, 4) is 17.6 Å². The molecular formula is C14H21N3O2. The fraction of sp³-hybridized carbons (Fsp3) is 0.429. The predicted octanol–water partition coefficient (Wildman–Crippen LogP) is 2.82. The van der Waals surface area contributed by atoms with E-state index in [0.717, 1.165) is 0 Å². The van der Waals surface area contributed by atoms with Crippen molar-refractivity contribution in [1.82, 2.24) is 4.90 Å². The van der Waals surface area contributed by atoms with E-state index in [1.165, 1.54) is 7.11 Å². The lowest BCUT2D eigenvalue weighted by Crippen LogP contribution is -2.07. The van der Waals surface area contributed by atoms with Gasteiger partial charge in [-0.05, 0) is 0 Å². The third-order valence-electron chi connectivity index (χ3n) is 2.05. The highest BCUT2D eigenvalue weighted by atomic mass is 16.5. The first-order chi connectivity index (χ1) is 9.12. The normalized spacial score (nSPS) is 9.32. The fourth-order valence-corrected chi connectivity index (χ4v) is 1.24. The number of hydrogen-bond donors (Lipinski definition) is 0. The van der Waals surface area contributed by atoms with Crippen LogP contribution in [0.2, 0.25) is 0 Å². The maximum atomic E-state index is 9.03. The molecule has 0 amide bonds. The van der Waals surface area contributed by atoms with Gasteiger partial charge in [0.2, 0.25) is 0 Å². The lowest BCUT2D eigenvalue weighted by molar-refractivity contribution is 0.355. The molecule has 0 spiro atoms. The van der Waals surface area contributed by atoms with Gasteiger partial charge in [-0.1, -0.05) is 13.8 Å². The second kappa shape index (κ2) is 8.81. The standard InChI is InChI=1S/C12H15N3O2.C2H6/c1-15(2)8-14-10-6-12(17-4)11(16-3)5-9(10)7-13;1-2/h5-6,8H,1-4H3;1-2H3. The van der Waals surface area contributed by atoms with Gasteiger partial charge in [-0.15, -0.1) is 0 Å². The summed E-state index contributed by atoms with van der Waals surface area (Å²) < 4.78 is 10.3. The fourth-order valence-electron chi connectivity index (χ4n) is 1.24. The number of hydrogen-bond acceptors (Lipinski definition) is 4. The van der Waals surface area contributed by atoms with Gasteiger partial charge in [-0.3, -0.25) is 0 Å². The molecule has 19 heavy (non-hydrogen) atoms. The van der Waals surface area contributed by atoms with Gasteiger partial charge >= 0.3 is 0 Å². The van der Waals surface area contributed by atoms with Gasteiger partial charge in [-0.25, -0.2) is 4.99 Å². The smallest absolute Gasteiger partial charge is 0.162 e. The molecule has 0 aromatic heterocycles. The number of aliphatic imine (C=N–C) groups is 1. The first-order valence-electron chi connectivity index (χ1n) is 5.99. The topological polar surface area (TPSA) is 57.8 Å². The molecule has 0 radical (unpaired) electrons. The molecule has 0 heterocycles. The molecule has 0 aliphatic rings. The number of methoxy groups -OCH3 is 2. The molecule has 1 aromatic rings. The second-order valence-electron chi connectivity index (χ2n) is 3.54. The monoisotopic (exact) mass is 263 g/mol. The lowest BCUT2D eigenvalue weighted by Gasteiger charge is -2.09. The molecule has 0 aliphatic heterocycles. The van der Waals surface area contributed by atoms with Crippen molar-refractivity contribution in [3.05, 3.63) is 17.7 Å². The first-order valence-corrected chi connectivity index (χ1v) is 5.99. The van der Waals surface area contributed by atoms with Gasteiger partial charge in [0, 0.05) is 26.2 Å². The first kappa shape index (κ1) is 16.8. The Balaban J connectivity index is 0.00000154. The zero-order valence-electron chi connectivity index (χ0n) is 12.4. The number of nitrogens with zero attached hydrogens (tertiary/aromatic N) is 3. The van der Waals surface area contributed by atoms with Crippen LogP contribution in [0, 0.1) is 11.3 Å². The van der Waals surface area contributed by atoms with Crippen LogP contribution in [0.5, 0.6) is 11.5 Å². The summed E-state index contributed by atoms with van der Waals surface area (Å²) in [7, 11) is 6.79. The van der Waals surface area contributed by atoms with E-state index in [0.29, 0.717) is 22.7 Å². The van der Waals surface area contributed by atoms with Crippen molar-refractivity contribution < 1.29 is 9.47 Å². The largest absolute Gasteiger partial charge is 0.493 e. The van der Waals surface area contributed by atoms with E-state index < -0.39 is 0 Å². The van der Waals surface area contributed by atoms with Gasteiger partial charge in [0.05, 0.1) is 31.8 Å². The molecule has 0 atom stereocenters. The highest BCUT2D eigenvalue weighted by Gasteiger charge is 2.09. The van der Waals surface area contributed by atoms with Crippen LogP contribution in [-0.4, -0.2) is 39.6 Å². The summed E-state index contributed by atoms with van der Waals surface area (Å²) in [5, 5.41) is 9.03. The molecule has 0 aliphatic carbocycles. The Labute approximate surface area is 115 Å². The number of ether oxygens (including phenoxy) is 2. The van der Waals surface area contributed by atoms with Gasteiger partial charge in [0.25, 0.3) is 0 Å². The summed E-state index contributed by atoms with van der Waals surface area (Å²) in [6, 6.07) is 5.37. The molecule has 104 valence electrons. The minimum atomic E-state index is 0.445. The number of benzene rings is 1. The zero-order valence-corrected chi connectivity index (χ0v) is 12.4. The van der Waals surface area contributed by atoms with E-state index in [9.17, 15) is 0 Å². The van der Waals surface area contributed by atoms with E-state index in [1.807, 2.05) is 27.9 Å². The molecule has 0 unspecified atom stereocenters. The van der Waals surface area contributed by atoms with E-state index in [2.05, 4.69) is 11.1 Å². The van der Waals surface area contributed by atoms with Crippen LogP contribution in [0.4, 0.5) is 5.69 Å². The maximum absolute atomic E-state index is 9.03. The van der Waals surface area contributed by atoms with Crippen LogP contribution in [0.1, 0.15) is 19.4 Å². The van der Waals surface area contributed by atoms with E-state index >= 15 is 0 Å². The molecule has 0 fully saturated rings. The Morgan fingerprint density at radius 3 is 2.11 bits per heavy atom. The Morgan fingerprint density at radius 2 is 1.68 bits per heavy atom. The van der Waals surface area contributed by atoms with Crippen molar-refractivity contribution in [2.45, 2.75) is 13.8 Å². The van der Waals surface area contributed by atoms with Crippen LogP contribution >= 0.6 is 0 Å². The molecule has 1 aromatic carbocycles. The van der Waals surface area contributed by atoms with Gasteiger partial charge in [0.15, 0.2) is 11.5 Å². The summed E-state index contributed by atoms with van der Waals surface area (Å²) >= 11 is 0. The third-order valence-corrected chi connectivity index (χ3v) is 2.05. The van der Waals surface area contributed by atoms with Crippen molar-refractivity contribution >= 4 is 12.0 Å². The summed E-state index contributed by atoms with van der Waals surface area (Å²) in [5.74, 6) is 1.07. The number of nitriles is 1. The van der Waals surface area contributed by atoms with Crippen LogP contribution in [0.15, 0.2) is 17.1 Å². The minimum absolute atomic E-state index is 0.445. The summed E-state index contributed by atoms with van der Waals surface area (Å²) in [5.41, 5.74) is 1.000. The molecule has 0 saturated heterocycles. The van der Waals surface area contributed by atoms with Crippen molar-refractivity contribution in [3.63, 3.8) is 0 Å². The van der Waals surface area contributed by atoms with Crippen molar-refractivity contribution in [1.29, 1.82) is 5.26 Å². The zero-order chi connectivity index (χ0) is 14.8. The average Bonchev–Trinajstić information content (AvgIpc) is 2.45. The van der Waals surface area contributed by atoms with E-state index in [4.69, 9.17) is 14.7 Å². The second-order valence-corrected chi connectivity index (χ2v) is 3.54. The van der Waals surface area contributed by atoms with Crippen LogP contribution in [0.3, 0.4) is 0 Å². The summed E-state index contributed by atoms with van der Waals surface area (Å²) in [4.78, 5) is 5.99. The van der Waals surface area contributed by atoms with Crippen LogP contribution in [-0.2, 0) is 0 Å². The molecule has 0 bridgehead atoms. The maximum Gasteiger partial charge on any atom is 0.162 e. The Bertz CT molecular complexity index is 462. The minimum Gasteiger partial charge on any atom is -0.493 e. The van der Waals surface area contributed by atoms with Gasteiger partial charge in [-0.2, -0.15) is 5.26 Å². The van der Waals surface area contributed by atoms with Gasteiger partial charge in [0.1, 0.15) is 6.07 Å². The Morgan fingerprint density at radius 1 is 1.16 bits per heavy atom. The SMILES string of the molecule is CC.COc1cc(C#N)c(N=CN(C)C)cc1OC. The van der Waals surface area contributed by atoms with Gasteiger partial charge < -0.3 is 14.4 Å². The Hall–Kier alpha value is -2.22. The highest BCUT2D eigenvalue weighted by Crippen LogP contribution is 2.34. The van der Waals surface area contributed by atoms with Crippen LogP contribution < -0.4 is 9.47 Å². The van der Waals surface area contributed by atoms with Crippen LogP contribution in [0.25, 0.3) is 0 Å². The molecule has 1 rings (SSSR count). The van der Waals surface area contributed by atoms with E-state index in [-0.39, 0.29) is 0 Å². The molecule has 0 N–H and O–H groups in total. The quantitative estimate of drug-likeness (QED) is 0.619. The summed E-state index contributed by atoms with van der Waals surface area (Å²) in [6.45, 7) is 4.00. The lowest BCUT2D eigenvalue weighted by atomic mass is 10.1. The highest BCUT2D eigenvalue weighted by molar-refractivity contribution is 5.68. The number of rotatable bonds is 4. The molecular weight excluding hydrogens is 242 g/mol. The van der Waals surface area contributed by atoms with Crippen molar-refractivity contribution in [2.75, 3.05) is 28.3 Å². The molecule has 5 nitrogen and oxygen atoms in total. The van der Waals surface area contributed by atoms with Crippen molar-refractivity contribution in [2.24, 2.45) is 4.99 Å².